The van der Waals surface area contributed by atoms with E-state index in [4.69, 9.17) is 4.74 Å². The fraction of sp³-hybridized carbons (Fsp3) is 0.423. The number of benzene rings is 1. The van der Waals surface area contributed by atoms with Crippen molar-refractivity contribution in [3.05, 3.63) is 48.8 Å². The highest BCUT2D eigenvalue weighted by molar-refractivity contribution is 5.74. The van der Waals surface area contributed by atoms with E-state index in [1.54, 1.807) is 25.6 Å². The van der Waals surface area contributed by atoms with Gasteiger partial charge in [0.1, 0.15) is 17.3 Å². The zero-order valence-electron chi connectivity index (χ0n) is 19.4. The van der Waals surface area contributed by atoms with Crippen LogP contribution in [0.2, 0.25) is 0 Å². The number of aromatic nitrogens is 3. The molecule has 2 fully saturated rings. The summed E-state index contributed by atoms with van der Waals surface area (Å²) in [6.07, 6.45) is 8.27. The number of hydrogen-bond donors (Lipinski definition) is 3. The normalized spacial score (nSPS) is 26.2. The first-order chi connectivity index (χ1) is 15.8. The first-order valence-electron chi connectivity index (χ1n) is 11.5. The quantitative estimate of drug-likeness (QED) is 0.509. The Morgan fingerprint density at radius 1 is 1.03 bits per heavy atom. The lowest BCUT2D eigenvalue weighted by Gasteiger charge is -2.42. The Labute approximate surface area is 194 Å². The van der Waals surface area contributed by atoms with Crippen molar-refractivity contribution in [3.8, 4) is 33.9 Å². The number of nitrogens with one attached hydrogen (secondary N) is 2. The van der Waals surface area contributed by atoms with Crippen LogP contribution in [0.1, 0.15) is 39.5 Å². The molecule has 172 valence electrons. The Balaban J connectivity index is 1.26. The van der Waals surface area contributed by atoms with Gasteiger partial charge in [-0.2, -0.15) is 0 Å². The molecule has 2 aliphatic rings. The minimum Gasteiger partial charge on any atom is -0.507 e. The van der Waals surface area contributed by atoms with Crippen molar-refractivity contribution in [2.75, 3.05) is 19.0 Å². The monoisotopic (exact) mass is 445 g/mol. The van der Waals surface area contributed by atoms with Crippen LogP contribution in [0.15, 0.2) is 48.8 Å². The number of ether oxygens (including phenoxy) is 1. The van der Waals surface area contributed by atoms with Crippen LogP contribution in [0.3, 0.4) is 0 Å². The standard InChI is InChI=1S/C26H31N5O2/c1-25-8-9-26(2,31-25)13-17(12-25)14-28-24-7-6-22(29-30-24)21-5-4-18(11-23(21)32)19-10-20(33-3)16-27-15-19/h4-7,10-11,15-17,31-32H,8-9,12-14H2,1-3H3,(H,28,30). The Morgan fingerprint density at radius 2 is 1.82 bits per heavy atom. The lowest BCUT2D eigenvalue weighted by molar-refractivity contribution is 0.178. The van der Waals surface area contributed by atoms with Gasteiger partial charge in [0.2, 0.25) is 0 Å². The van der Waals surface area contributed by atoms with E-state index in [1.165, 1.54) is 25.7 Å². The molecular weight excluding hydrogens is 414 g/mol. The summed E-state index contributed by atoms with van der Waals surface area (Å²) in [6.45, 7) is 5.60. The molecule has 2 aromatic heterocycles. The number of pyridine rings is 1. The molecule has 33 heavy (non-hydrogen) atoms. The number of nitrogens with zero attached hydrogens (tertiary/aromatic N) is 3. The van der Waals surface area contributed by atoms with E-state index >= 15 is 0 Å². The van der Waals surface area contributed by atoms with Crippen LogP contribution < -0.4 is 15.4 Å². The van der Waals surface area contributed by atoms with Gasteiger partial charge in [0.15, 0.2) is 0 Å². The molecule has 5 rings (SSSR count). The van der Waals surface area contributed by atoms with Crippen LogP contribution >= 0.6 is 0 Å². The van der Waals surface area contributed by atoms with Crippen molar-refractivity contribution in [2.24, 2.45) is 5.92 Å². The van der Waals surface area contributed by atoms with Gasteiger partial charge in [-0.05, 0) is 81.3 Å². The first kappa shape index (κ1) is 21.6. The highest BCUT2D eigenvalue weighted by Gasteiger charge is 2.48. The predicted molar refractivity (Wildman–Crippen MR) is 129 cm³/mol. The van der Waals surface area contributed by atoms with Gasteiger partial charge >= 0.3 is 0 Å². The highest BCUT2D eigenvalue weighted by Crippen LogP contribution is 2.44. The van der Waals surface area contributed by atoms with Crippen LogP contribution in [0, 0.1) is 5.92 Å². The van der Waals surface area contributed by atoms with E-state index in [9.17, 15) is 5.11 Å². The van der Waals surface area contributed by atoms with Crippen molar-refractivity contribution in [1.29, 1.82) is 0 Å². The smallest absolute Gasteiger partial charge is 0.148 e. The van der Waals surface area contributed by atoms with Crippen molar-refractivity contribution in [2.45, 2.75) is 50.6 Å². The largest absolute Gasteiger partial charge is 0.507 e. The lowest BCUT2D eigenvalue weighted by Crippen LogP contribution is -2.54. The number of phenols is 1. The number of anilines is 1. The summed E-state index contributed by atoms with van der Waals surface area (Å²) in [5.41, 5.74) is 3.53. The molecule has 3 N–H and O–H groups in total. The third-order valence-corrected chi connectivity index (χ3v) is 7.10. The third kappa shape index (κ3) is 4.50. The first-order valence-corrected chi connectivity index (χ1v) is 11.5. The Hall–Kier alpha value is -3.19. The summed E-state index contributed by atoms with van der Waals surface area (Å²) in [4.78, 5) is 4.18. The molecule has 0 radical (unpaired) electrons. The summed E-state index contributed by atoms with van der Waals surface area (Å²) in [5, 5.41) is 26.7. The van der Waals surface area contributed by atoms with Gasteiger partial charge in [-0.15, -0.1) is 10.2 Å². The fourth-order valence-corrected chi connectivity index (χ4v) is 5.64. The maximum atomic E-state index is 10.6. The zero-order valence-corrected chi connectivity index (χ0v) is 19.4. The van der Waals surface area contributed by atoms with E-state index in [1.807, 2.05) is 30.3 Å². The Kier molecular flexibility index (Phi) is 5.44. The van der Waals surface area contributed by atoms with Gasteiger partial charge in [0.25, 0.3) is 0 Å². The second kappa shape index (κ2) is 8.30. The average molecular weight is 446 g/mol. The van der Waals surface area contributed by atoms with Gasteiger partial charge < -0.3 is 20.5 Å². The third-order valence-electron chi connectivity index (χ3n) is 7.10. The summed E-state index contributed by atoms with van der Waals surface area (Å²) in [5.74, 6) is 2.20. The van der Waals surface area contributed by atoms with Gasteiger partial charge in [-0.3, -0.25) is 4.98 Å². The summed E-state index contributed by atoms with van der Waals surface area (Å²) < 4.78 is 5.24. The molecule has 0 saturated carbocycles. The van der Waals surface area contributed by atoms with Gasteiger partial charge in [-0.25, -0.2) is 0 Å². The minimum atomic E-state index is 0.150. The number of fused-ring (bicyclic) bond motifs is 2. The number of methoxy groups -OCH3 is 1. The van der Waals surface area contributed by atoms with Crippen molar-refractivity contribution in [3.63, 3.8) is 0 Å². The Morgan fingerprint density at radius 3 is 2.48 bits per heavy atom. The molecule has 0 spiro atoms. The van der Waals surface area contributed by atoms with Crippen molar-refractivity contribution in [1.82, 2.24) is 20.5 Å². The van der Waals surface area contributed by atoms with Crippen molar-refractivity contribution >= 4 is 5.82 Å². The van der Waals surface area contributed by atoms with Crippen LogP contribution in [0.4, 0.5) is 5.82 Å². The number of rotatable bonds is 6. The molecule has 3 aromatic rings. The van der Waals surface area contributed by atoms with Crippen LogP contribution in [0.5, 0.6) is 11.5 Å². The van der Waals surface area contributed by atoms with Crippen LogP contribution in [0.25, 0.3) is 22.4 Å². The molecule has 0 aliphatic carbocycles. The van der Waals surface area contributed by atoms with E-state index in [-0.39, 0.29) is 16.8 Å². The lowest BCUT2D eigenvalue weighted by atomic mass is 9.80. The SMILES string of the molecule is COc1cncc(-c2ccc(-c3ccc(NCC4CC5(C)CCC(C)(C4)N5)nn3)c(O)c2)c1. The molecule has 4 heterocycles. The second-order valence-electron chi connectivity index (χ2n) is 10.1. The molecule has 2 bridgehead atoms. The molecule has 7 heteroatoms. The topological polar surface area (TPSA) is 92.2 Å². The maximum Gasteiger partial charge on any atom is 0.148 e. The van der Waals surface area contributed by atoms with Crippen LogP contribution in [-0.2, 0) is 0 Å². The van der Waals surface area contributed by atoms with Gasteiger partial charge in [0, 0.05) is 34.9 Å². The van der Waals surface area contributed by atoms with Crippen molar-refractivity contribution < 1.29 is 9.84 Å². The molecule has 2 unspecified atom stereocenters. The summed E-state index contributed by atoms with van der Waals surface area (Å²) in [6, 6.07) is 11.2. The highest BCUT2D eigenvalue weighted by atomic mass is 16.5. The maximum absolute atomic E-state index is 10.6. The number of piperidine rings is 1. The van der Waals surface area contributed by atoms with E-state index in [0.717, 1.165) is 23.5 Å². The van der Waals surface area contributed by atoms with Gasteiger partial charge in [-0.1, -0.05) is 6.07 Å². The molecule has 2 atom stereocenters. The fourth-order valence-electron chi connectivity index (χ4n) is 5.64. The molecular formula is C26H31N5O2. The minimum absolute atomic E-state index is 0.150. The number of phenolic OH excluding ortho intramolecular Hbond substituents is 1. The van der Waals surface area contributed by atoms with Gasteiger partial charge in [0.05, 0.1) is 19.0 Å². The average Bonchev–Trinajstić information content (AvgIpc) is 3.05. The molecule has 2 saturated heterocycles. The summed E-state index contributed by atoms with van der Waals surface area (Å²) in [7, 11) is 1.61. The second-order valence-corrected chi connectivity index (χ2v) is 10.1. The van der Waals surface area contributed by atoms with E-state index in [0.29, 0.717) is 22.9 Å². The Bertz CT molecular complexity index is 1130. The number of hydrogen-bond acceptors (Lipinski definition) is 7. The molecule has 7 nitrogen and oxygen atoms in total. The summed E-state index contributed by atoms with van der Waals surface area (Å²) >= 11 is 0. The molecule has 0 amide bonds. The van der Waals surface area contributed by atoms with E-state index < -0.39 is 0 Å². The van der Waals surface area contributed by atoms with Crippen LogP contribution in [-0.4, -0.2) is 45.0 Å². The predicted octanol–water partition coefficient (Wildman–Crippen LogP) is 4.64. The van der Waals surface area contributed by atoms with E-state index in [2.05, 4.69) is 39.7 Å². The molecule has 1 aromatic carbocycles. The molecule has 2 aliphatic heterocycles. The number of aromatic hydroxyl groups is 1. The zero-order chi connectivity index (χ0) is 23.1.